The molecule has 0 unspecified atom stereocenters. The molecule has 60 valence electrons. The molecule has 2 heteroatoms. The van der Waals surface area contributed by atoms with Crippen LogP contribution < -0.4 is 0 Å². The number of aryl methyl sites for hydroxylation is 1. The van der Waals surface area contributed by atoms with E-state index in [0.717, 1.165) is 0 Å². The Kier molecular flexibility index (Phi) is 2.58. The van der Waals surface area contributed by atoms with Crippen LogP contribution in [0.15, 0.2) is 18.2 Å². The van der Waals surface area contributed by atoms with E-state index in [1.807, 2.05) is 6.92 Å². The molecule has 0 nitrogen and oxygen atoms in total. The van der Waals surface area contributed by atoms with Crippen LogP contribution in [0.3, 0.4) is 0 Å². The second-order valence-corrected chi connectivity index (χ2v) is 2.38. The topological polar surface area (TPSA) is 0 Å². The highest BCUT2D eigenvalue weighted by atomic mass is 19.1. The van der Waals surface area contributed by atoms with Crippen LogP contribution in [-0.2, 0) is 13.1 Å². The molecule has 0 radical (unpaired) electrons. The Bertz CT molecular complexity index is 221. The molecule has 0 aromatic heterocycles. The summed E-state index contributed by atoms with van der Waals surface area (Å²) in [6.45, 7) is 1.13. The number of halogens is 2. The molecule has 0 saturated carbocycles. The normalized spacial score (nSPS) is 10.1. The number of benzene rings is 1. The molecule has 0 aliphatic rings. The van der Waals surface area contributed by atoms with E-state index in [-0.39, 0.29) is 5.56 Å². The average Bonchev–Trinajstić information content (AvgIpc) is 2.05. The number of alkyl halides is 1. The van der Waals surface area contributed by atoms with Crippen molar-refractivity contribution in [3.05, 3.63) is 35.1 Å². The van der Waals surface area contributed by atoms with Crippen molar-refractivity contribution < 1.29 is 8.78 Å². The molecular formula is C9H10F2. The van der Waals surface area contributed by atoms with E-state index < -0.39 is 12.5 Å². The zero-order chi connectivity index (χ0) is 8.27. The molecule has 1 aromatic rings. The quantitative estimate of drug-likeness (QED) is 0.617. The maximum atomic E-state index is 13.0. The lowest BCUT2D eigenvalue weighted by atomic mass is 10.1. The summed E-state index contributed by atoms with van der Waals surface area (Å²) >= 11 is 0. The lowest BCUT2D eigenvalue weighted by molar-refractivity contribution is 0.461. The van der Waals surface area contributed by atoms with Crippen molar-refractivity contribution in [1.82, 2.24) is 0 Å². The molecular weight excluding hydrogens is 146 g/mol. The second-order valence-electron chi connectivity index (χ2n) is 2.38. The lowest BCUT2D eigenvalue weighted by Gasteiger charge is -2.01. The second kappa shape index (κ2) is 3.46. The maximum Gasteiger partial charge on any atom is 0.132 e. The zero-order valence-electron chi connectivity index (χ0n) is 6.40. The molecule has 0 N–H and O–H groups in total. The summed E-state index contributed by atoms with van der Waals surface area (Å²) in [6.07, 6.45) is 0.611. The van der Waals surface area contributed by atoms with Crippen LogP contribution in [0.25, 0.3) is 0 Å². The molecule has 0 aliphatic heterocycles. The van der Waals surface area contributed by atoms with Crippen LogP contribution in [0.1, 0.15) is 18.1 Å². The van der Waals surface area contributed by atoms with Gasteiger partial charge >= 0.3 is 0 Å². The highest BCUT2D eigenvalue weighted by Gasteiger charge is 2.04. The molecule has 0 heterocycles. The Morgan fingerprint density at radius 2 is 1.91 bits per heavy atom. The predicted molar refractivity (Wildman–Crippen MR) is 40.6 cm³/mol. The van der Waals surface area contributed by atoms with Gasteiger partial charge in [-0.3, -0.25) is 0 Å². The van der Waals surface area contributed by atoms with Crippen LogP contribution in [0, 0.1) is 5.82 Å². The summed E-state index contributed by atoms with van der Waals surface area (Å²) < 4.78 is 25.1. The first-order valence-corrected chi connectivity index (χ1v) is 3.61. The van der Waals surface area contributed by atoms with Gasteiger partial charge in [0.1, 0.15) is 12.5 Å². The molecule has 1 rings (SSSR count). The summed E-state index contributed by atoms with van der Waals surface area (Å²) in [6, 6.07) is 4.82. The van der Waals surface area contributed by atoms with Crippen molar-refractivity contribution in [2.75, 3.05) is 0 Å². The van der Waals surface area contributed by atoms with Crippen LogP contribution in [0.4, 0.5) is 8.78 Å². The monoisotopic (exact) mass is 156 g/mol. The van der Waals surface area contributed by atoms with Crippen molar-refractivity contribution in [3.63, 3.8) is 0 Å². The molecule has 1 aromatic carbocycles. The van der Waals surface area contributed by atoms with E-state index >= 15 is 0 Å². The van der Waals surface area contributed by atoms with Gasteiger partial charge in [-0.15, -0.1) is 0 Å². The van der Waals surface area contributed by atoms with Crippen LogP contribution in [0.5, 0.6) is 0 Å². The molecule has 0 spiro atoms. The fraction of sp³-hybridized carbons (Fsp3) is 0.333. The summed E-state index contributed by atoms with van der Waals surface area (Å²) in [4.78, 5) is 0. The van der Waals surface area contributed by atoms with E-state index in [4.69, 9.17) is 0 Å². The van der Waals surface area contributed by atoms with Gasteiger partial charge in [0.25, 0.3) is 0 Å². The minimum Gasteiger partial charge on any atom is -0.246 e. The molecule has 0 fully saturated rings. The molecule has 0 aliphatic carbocycles. The third-order valence-corrected chi connectivity index (χ3v) is 1.68. The average molecular weight is 156 g/mol. The first kappa shape index (κ1) is 8.18. The van der Waals surface area contributed by atoms with Crippen LogP contribution in [-0.4, -0.2) is 0 Å². The van der Waals surface area contributed by atoms with Gasteiger partial charge in [0, 0.05) is 5.56 Å². The summed E-state index contributed by atoms with van der Waals surface area (Å²) in [5, 5.41) is 0. The van der Waals surface area contributed by atoms with Crippen molar-refractivity contribution in [3.8, 4) is 0 Å². The largest absolute Gasteiger partial charge is 0.246 e. The van der Waals surface area contributed by atoms with E-state index in [9.17, 15) is 8.78 Å². The van der Waals surface area contributed by atoms with Crippen molar-refractivity contribution in [2.24, 2.45) is 0 Å². The smallest absolute Gasteiger partial charge is 0.132 e. The SMILES string of the molecule is CCc1cccc(CF)c1F. The Morgan fingerprint density at radius 1 is 1.27 bits per heavy atom. The Hall–Kier alpha value is -0.920. The lowest BCUT2D eigenvalue weighted by Crippen LogP contribution is -1.92. The van der Waals surface area contributed by atoms with Gasteiger partial charge < -0.3 is 0 Å². The minimum atomic E-state index is -0.723. The molecule has 11 heavy (non-hydrogen) atoms. The maximum absolute atomic E-state index is 13.0. The standard InChI is InChI=1S/C9H10F2/c1-2-7-4-3-5-8(6-10)9(7)11/h3-5H,2,6H2,1H3. The van der Waals surface area contributed by atoms with Crippen LogP contribution in [0.2, 0.25) is 0 Å². The van der Waals surface area contributed by atoms with Gasteiger partial charge in [-0.25, -0.2) is 8.78 Å². The predicted octanol–water partition coefficient (Wildman–Crippen LogP) is 2.86. The van der Waals surface area contributed by atoms with Gasteiger partial charge in [0.2, 0.25) is 0 Å². The van der Waals surface area contributed by atoms with Crippen molar-refractivity contribution in [1.29, 1.82) is 0 Å². The minimum absolute atomic E-state index is 0.157. The fourth-order valence-electron chi connectivity index (χ4n) is 1.01. The Morgan fingerprint density at radius 3 is 2.45 bits per heavy atom. The van der Waals surface area contributed by atoms with Crippen molar-refractivity contribution in [2.45, 2.75) is 20.0 Å². The Balaban J connectivity index is 3.10. The van der Waals surface area contributed by atoms with Gasteiger partial charge in [-0.1, -0.05) is 25.1 Å². The fourth-order valence-corrected chi connectivity index (χ4v) is 1.01. The third kappa shape index (κ3) is 1.56. The van der Waals surface area contributed by atoms with Crippen LogP contribution >= 0.6 is 0 Å². The first-order valence-electron chi connectivity index (χ1n) is 3.61. The molecule has 0 saturated heterocycles. The van der Waals surface area contributed by atoms with Gasteiger partial charge in [0.15, 0.2) is 0 Å². The summed E-state index contributed by atoms with van der Waals surface area (Å²) in [5.74, 6) is -0.391. The first-order chi connectivity index (χ1) is 5.29. The van der Waals surface area contributed by atoms with E-state index in [1.165, 1.54) is 6.07 Å². The van der Waals surface area contributed by atoms with E-state index in [0.29, 0.717) is 12.0 Å². The number of hydrogen-bond acceptors (Lipinski definition) is 0. The highest BCUT2D eigenvalue weighted by molar-refractivity contribution is 5.25. The number of rotatable bonds is 2. The molecule has 0 bridgehead atoms. The molecule has 0 amide bonds. The van der Waals surface area contributed by atoms with E-state index in [1.54, 1.807) is 12.1 Å². The third-order valence-electron chi connectivity index (χ3n) is 1.68. The number of hydrogen-bond donors (Lipinski definition) is 0. The highest BCUT2D eigenvalue weighted by Crippen LogP contribution is 2.13. The summed E-state index contributed by atoms with van der Waals surface area (Å²) in [7, 11) is 0. The zero-order valence-corrected chi connectivity index (χ0v) is 6.40. The summed E-state index contributed by atoms with van der Waals surface area (Å²) in [5.41, 5.74) is 0.740. The van der Waals surface area contributed by atoms with Gasteiger partial charge in [0.05, 0.1) is 0 Å². The van der Waals surface area contributed by atoms with Crippen molar-refractivity contribution >= 4 is 0 Å². The van der Waals surface area contributed by atoms with Gasteiger partial charge in [-0.2, -0.15) is 0 Å². The van der Waals surface area contributed by atoms with E-state index in [2.05, 4.69) is 0 Å². The molecule has 0 atom stereocenters. The Labute approximate surface area is 64.9 Å². The van der Waals surface area contributed by atoms with Gasteiger partial charge in [-0.05, 0) is 12.0 Å².